The van der Waals surface area contributed by atoms with Gasteiger partial charge in [-0.25, -0.2) is 0 Å². The van der Waals surface area contributed by atoms with Crippen LogP contribution in [0.4, 0.5) is 0 Å². The minimum absolute atomic E-state index is 0.0176. The van der Waals surface area contributed by atoms with Gasteiger partial charge in [0.15, 0.2) is 0 Å². The fourth-order valence-electron chi connectivity index (χ4n) is 1.36. The van der Waals surface area contributed by atoms with E-state index >= 15 is 0 Å². The van der Waals surface area contributed by atoms with Crippen LogP contribution in [0, 0.1) is 0 Å². The summed E-state index contributed by atoms with van der Waals surface area (Å²) in [5, 5.41) is 0. The molecule has 3 nitrogen and oxygen atoms in total. The minimum Gasteiger partial charge on any atom is -0.293 e. The Labute approximate surface area is 76.0 Å². The number of rotatable bonds is 0. The largest absolute Gasteiger partial charge is 0.293 e. The summed E-state index contributed by atoms with van der Waals surface area (Å²) in [4.78, 5) is 15.5. The van der Waals surface area contributed by atoms with Crippen molar-refractivity contribution in [1.29, 1.82) is 0 Å². The van der Waals surface area contributed by atoms with Crippen molar-refractivity contribution in [2.45, 2.75) is 6.42 Å². The van der Waals surface area contributed by atoms with Gasteiger partial charge in [0, 0.05) is 37.1 Å². The zero-order valence-electron chi connectivity index (χ0n) is 7.18. The number of hydrogen-bond donors (Lipinski definition) is 0. The van der Waals surface area contributed by atoms with Gasteiger partial charge < -0.3 is 0 Å². The van der Waals surface area contributed by atoms with E-state index in [1.54, 1.807) is 35.2 Å². The highest BCUT2D eigenvalue weighted by atomic mass is 16.1. The second-order valence-electron chi connectivity index (χ2n) is 2.87. The number of aliphatic imine (C=N–C) groups is 1. The van der Waals surface area contributed by atoms with E-state index in [9.17, 15) is 4.79 Å². The van der Waals surface area contributed by atoms with Gasteiger partial charge in [0.05, 0.1) is 0 Å². The first-order valence-electron chi connectivity index (χ1n) is 4.25. The van der Waals surface area contributed by atoms with Crippen molar-refractivity contribution in [1.82, 2.24) is 4.57 Å². The Morgan fingerprint density at radius 3 is 3.23 bits per heavy atom. The quantitative estimate of drug-likeness (QED) is 0.576. The molecule has 0 fully saturated rings. The molecule has 0 saturated carbocycles. The van der Waals surface area contributed by atoms with E-state index in [1.165, 1.54) is 0 Å². The van der Waals surface area contributed by atoms with Crippen molar-refractivity contribution in [3.63, 3.8) is 0 Å². The van der Waals surface area contributed by atoms with Crippen LogP contribution in [0.5, 0.6) is 0 Å². The van der Waals surface area contributed by atoms with Crippen LogP contribution in [0.15, 0.2) is 34.1 Å². The van der Waals surface area contributed by atoms with Gasteiger partial charge in [-0.15, -0.1) is 0 Å². The fraction of sp³-hybridized carbons (Fsp3) is 0.200. The third-order valence-electron chi connectivity index (χ3n) is 2.00. The maximum Gasteiger partial charge on any atom is 0.254 e. The molecule has 2 rings (SSSR count). The maximum atomic E-state index is 11.4. The number of aromatic nitrogens is 1. The normalized spacial score (nSPS) is 14.8. The predicted octanol–water partition coefficient (Wildman–Crippen LogP) is 0.946. The van der Waals surface area contributed by atoms with E-state index in [1.807, 2.05) is 6.07 Å². The lowest BCUT2D eigenvalue weighted by Crippen LogP contribution is -2.18. The van der Waals surface area contributed by atoms with Crippen molar-refractivity contribution in [3.8, 4) is 0 Å². The molecule has 0 N–H and O–H groups in total. The summed E-state index contributed by atoms with van der Waals surface area (Å²) in [7, 11) is 0. The van der Waals surface area contributed by atoms with Gasteiger partial charge in [-0.3, -0.25) is 14.4 Å². The summed E-state index contributed by atoms with van der Waals surface area (Å²) in [6.07, 6.45) is 6.07. The smallest absolute Gasteiger partial charge is 0.254 e. The van der Waals surface area contributed by atoms with Crippen LogP contribution in [0.2, 0.25) is 0 Å². The Hall–Kier alpha value is -1.64. The Balaban J connectivity index is 2.58. The Morgan fingerprint density at radius 1 is 1.38 bits per heavy atom. The molecule has 13 heavy (non-hydrogen) atoms. The number of pyridine rings is 1. The molecular weight excluding hydrogens is 164 g/mol. The molecule has 0 saturated heterocycles. The summed E-state index contributed by atoms with van der Waals surface area (Å²) in [5.74, 6) is 0. The third-order valence-corrected chi connectivity index (χ3v) is 2.00. The molecule has 0 aliphatic carbocycles. The van der Waals surface area contributed by atoms with Crippen molar-refractivity contribution >= 4 is 12.4 Å². The third kappa shape index (κ3) is 1.59. The lowest BCUT2D eigenvalue weighted by Gasteiger charge is -2.07. The molecule has 1 aromatic heterocycles. The van der Waals surface area contributed by atoms with Crippen LogP contribution >= 0.6 is 0 Å². The van der Waals surface area contributed by atoms with E-state index in [2.05, 4.69) is 4.99 Å². The van der Waals surface area contributed by atoms with Crippen molar-refractivity contribution in [2.24, 2.45) is 4.99 Å². The highest BCUT2D eigenvalue weighted by molar-refractivity contribution is 5.75. The first kappa shape index (κ1) is 7.98. The van der Waals surface area contributed by atoms with Crippen molar-refractivity contribution in [2.75, 3.05) is 6.54 Å². The van der Waals surface area contributed by atoms with Gasteiger partial charge in [0.25, 0.3) is 5.56 Å². The molecule has 0 unspecified atom stereocenters. The average Bonchev–Trinajstić information content (AvgIpc) is 2.07. The molecule has 2 heterocycles. The molecule has 0 radical (unpaired) electrons. The maximum absolute atomic E-state index is 11.4. The van der Waals surface area contributed by atoms with Crippen molar-refractivity contribution in [3.05, 3.63) is 40.3 Å². The van der Waals surface area contributed by atoms with Crippen LogP contribution in [0.3, 0.4) is 0 Å². The lowest BCUT2D eigenvalue weighted by atomic mass is 10.2. The van der Waals surface area contributed by atoms with Gasteiger partial charge in [0.1, 0.15) is 0 Å². The van der Waals surface area contributed by atoms with Gasteiger partial charge in [0.2, 0.25) is 0 Å². The summed E-state index contributed by atoms with van der Waals surface area (Å²) >= 11 is 0. The molecule has 66 valence electrons. The van der Waals surface area contributed by atoms with Crippen LogP contribution in [-0.4, -0.2) is 17.3 Å². The summed E-state index contributed by atoms with van der Waals surface area (Å²) < 4.78 is 1.66. The Kier molecular flexibility index (Phi) is 2.08. The molecule has 0 amide bonds. The zero-order valence-corrected chi connectivity index (χ0v) is 7.18. The predicted molar refractivity (Wildman–Crippen MR) is 53.1 cm³/mol. The second kappa shape index (κ2) is 3.39. The number of allylic oxidation sites excluding steroid dienone is 1. The van der Waals surface area contributed by atoms with Crippen LogP contribution in [0.1, 0.15) is 5.69 Å². The van der Waals surface area contributed by atoms with Gasteiger partial charge in [-0.05, 0) is 12.1 Å². The SMILES string of the molecule is O=c1cccc2n1C=CC=NCC2. The number of hydrogen-bond acceptors (Lipinski definition) is 2. The first-order chi connectivity index (χ1) is 6.38. The van der Waals surface area contributed by atoms with E-state index in [-0.39, 0.29) is 5.56 Å². The van der Waals surface area contributed by atoms with E-state index in [0.717, 1.165) is 18.7 Å². The molecule has 1 aliphatic heterocycles. The van der Waals surface area contributed by atoms with Gasteiger partial charge in [-0.2, -0.15) is 0 Å². The zero-order chi connectivity index (χ0) is 9.10. The summed E-state index contributed by atoms with van der Waals surface area (Å²) in [5.41, 5.74) is 1.03. The molecule has 0 spiro atoms. The topological polar surface area (TPSA) is 34.4 Å². The highest BCUT2D eigenvalue weighted by Crippen LogP contribution is 2.00. The lowest BCUT2D eigenvalue weighted by molar-refractivity contribution is 0.859. The van der Waals surface area contributed by atoms with Crippen molar-refractivity contribution < 1.29 is 0 Å². The van der Waals surface area contributed by atoms with Crippen LogP contribution in [0.25, 0.3) is 6.20 Å². The fourth-order valence-corrected chi connectivity index (χ4v) is 1.36. The highest BCUT2D eigenvalue weighted by Gasteiger charge is 2.00. The Bertz CT molecular complexity index is 415. The molecule has 1 aliphatic rings. The van der Waals surface area contributed by atoms with Crippen LogP contribution in [-0.2, 0) is 6.42 Å². The molecule has 3 heteroatoms. The molecular formula is C10H10N2O. The average molecular weight is 174 g/mol. The number of fused-ring (bicyclic) bond motifs is 1. The van der Waals surface area contributed by atoms with Crippen LogP contribution < -0.4 is 5.56 Å². The second-order valence-corrected chi connectivity index (χ2v) is 2.87. The van der Waals surface area contributed by atoms with Gasteiger partial charge in [-0.1, -0.05) is 6.07 Å². The molecule has 0 aromatic carbocycles. The standard InChI is InChI=1S/C10H10N2O/c13-10-4-1-3-9-5-7-11-6-2-8-12(9)10/h1-4,6,8H,5,7H2. The number of nitrogens with zero attached hydrogens (tertiary/aromatic N) is 2. The van der Waals surface area contributed by atoms with Gasteiger partial charge >= 0.3 is 0 Å². The summed E-state index contributed by atoms with van der Waals surface area (Å²) in [6.45, 7) is 0.744. The first-order valence-corrected chi connectivity index (χ1v) is 4.25. The monoisotopic (exact) mass is 174 g/mol. The molecule has 0 bridgehead atoms. The van der Waals surface area contributed by atoms with E-state index in [4.69, 9.17) is 0 Å². The Morgan fingerprint density at radius 2 is 2.31 bits per heavy atom. The molecule has 1 aromatic rings. The van der Waals surface area contributed by atoms with E-state index < -0.39 is 0 Å². The summed E-state index contributed by atoms with van der Waals surface area (Å²) in [6, 6.07) is 5.30. The molecule has 0 atom stereocenters. The minimum atomic E-state index is 0.0176. The van der Waals surface area contributed by atoms with E-state index in [0.29, 0.717) is 0 Å².